The van der Waals surface area contributed by atoms with Crippen LogP contribution in [0.1, 0.15) is 38.8 Å². The number of benzene rings is 1. The number of H-pyrrole nitrogens is 1. The summed E-state index contributed by atoms with van der Waals surface area (Å²) in [5.74, 6) is 2.38. The zero-order chi connectivity index (χ0) is 21.4. The van der Waals surface area contributed by atoms with Crippen LogP contribution in [0.4, 0.5) is 11.8 Å². The third kappa shape index (κ3) is 3.71. The molecule has 31 heavy (non-hydrogen) atoms. The van der Waals surface area contributed by atoms with E-state index in [1.165, 1.54) is 16.5 Å². The monoisotopic (exact) mass is 528 g/mol. The molecular weight excluding hydrogens is 503 g/mol. The van der Waals surface area contributed by atoms with Crippen LogP contribution in [0.5, 0.6) is 0 Å². The molecule has 4 aromatic rings. The van der Waals surface area contributed by atoms with Crippen LogP contribution in [0, 0.1) is 0 Å². The van der Waals surface area contributed by atoms with E-state index in [2.05, 4.69) is 71.5 Å². The van der Waals surface area contributed by atoms with Crippen LogP contribution >= 0.6 is 21.0 Å². The zero-order valence-corrected chi connectivity index (χ0v) is 20.0. The number of amidine groups is 1. The smallest absolute Gasteiger partial charge is 0.239 e. The highest BCUT2D eigenvalue weighted by atomic mass is 127. The van der Waals surface area contributed by atoms with E-state index in [0.29, 0.717) is 12.0 Å². The van der Waals surface area contributed by atoms with Crippen molar-refractivity contribution in [2.45, 2.75) is 39.7 Å². The largest absolute Gasteiger partial charge is 0.368 e. The van der Waals surface area contributed by atoms with Crippen molar-refractivity contribution >= 4 is 64.8 Å². The molecule has 2 N–H and O–H groups in total. The summed E-state index contributed by atoms with van der Waals surface area (Å²) in [6.07, 6.45) is 5.87. The van der Waals surface area contributed by atoms with Crippen molar-refractivity contribution < 1.29 is 0 Å². The minimum Gasteiger partial charge on any atom is -0.368 e. The van der Waals surface area contributed by atoms with Gasteiger partial charge in [0.1, 0.15) is 5.84 Å². The lowest BCUT2D eigenvalue weighted by molar-refractivity contribution is 0.541. The Labute approximate surface area is 190 Å². The van der Waals surface area contributed by atoms with Gasteiger partial charge in [-0.2, -0.15) is 9.97 Å². The molecule has 0 aliphatic carbocycles. The van der Waals surface area contributed by atoms with Gasteiger partial charge in [-0.3, -0.25) is 4.90 Å². The Morgan fingerprint density at radius 2 is 2.10 bits per heavy atom. The minimum atomic E-state index is -0.322. The predicted octanol–water partition coefficient (Wildman–Crippen LogP) is 4.82. The number of halogens is 1. The van der Waals surface area contributed by atoms with Crippen molar-refractivity contribution in [3.05, 3.63) is 42.4 Å². The number of nitrogens with one attached hydrogen (secondary N) is 2. The molecule has 0 bridgehead atoms. The van der Waals surface area contributed by atoms with Crippen molar-refractivity contribution in [2.24, 2.45) is 3.21 Å². The highest BCUT2D eigenvalue weighted by molar-refractivity contribution is 14.2. The summed E-state index contributed by atoms with van der Waals surface area (Å²) in [7, 11) is 0. The lowest BCUT2D eigenvalue weighted by atomic mass is 10.1. The number of aromatic amines is 1. The highest BCUT2D eigenvalue weighted by Gasteiger charge is 2.20. The van der Waals surface area contributed by atoms with Crippen molar-refractivity contribution in [1.29, 1.82) is 0 Å². The number of rotatable bonds is 7. The van der Waals surface area contributed by atoms with Crippen LogP contribution in [0.3, 0.4) is 0 Å². The lowest BCUT2D eigenvalue weighted by Crippen LogP contribution is -2.26. The molecule has 4 heterocycles. The van der Waals surface area contributed by atoms with Gasteiger partial charge in [0.05, 0.1) is 10.5 Å². The topological polar surface area (TPSA) is 87.0 Å². The Hall–Kier alpha value is -2.82. The lowest BCUT2D eigenvalue weighted by Gasteiger charge is -2.17. The Bertz CT molecular complexity index is 1300. The summed E-state index contributed by atoms with van der Waals surface area (Å²) in [5, 5.41) is 4.79. The summed E-state index contributed by atoms with van der Waals surface area (Å²) in [6, 6.07) is 8.71. The van der Waals surface area contributed by atoms with Gasteiger partial charge in [0.2, 0.25) is 5.95 Å². The number of hydrogen-bond acceptors (Lipinski definition) is 6. The zero-order valence-electron chi connectivity index (χ0n) is 17.8. The molecule has 5 rings (SSSR count). The Morgan fingerprint density at radius 3 is 2.90 bits per heavy atom. The average molecular weight is 528 g/mol. The molecule has 1 unspecified atom stereocenters. The quantitative estimate of drug-likeness (QED) is 0.336. The third-order valence-electron chi connectivity index (χ3n) is 5.71. The van der Waals surface area contributed by atoms with Gasteiger partial charge in [-0.05, 0) is 38.3 Å². The normalized spacial score (nSPS) is 14.8. The predicted molar refractivity (Wildman–Crippen MR) is 136 cm³/mol. The molecular formula is C22H25IN8. The average Bonchev–Trinajstić information content (AvgIpc) is 3.51. The van der Waals surface area contributed by atoms with E-state index in [-0.39, 0.29) is 21.0 Å². The van der Waals surface area contributed by atoms with Crippen molar-refractivity contribution in [2.75, 3.05) is 16.8 Å². The first-order valence-electron chi connectivity index (χ1n) is 10.5. The van der Waals surface area contributed by atoms with Gasteiger partial charge in [-0.25, -0.2) is 8.19 Å². The standard InChI is InChI=1S/C22H25IN8/c1-4-14(2)31-13-26-19-20(27-22(28-21(19)31)30-12-23-29-15(30)3)24-10-9-16-11-25-18-8-6-5-7-17(16)18/h5-8,11-14,25H,4,9-10H2,1-3H3,(H,24,27,28). The molecule has 1 aliphatic rings. The van der Waals surface area contributed by atoms with Crippen molar-refractivity contribution in [3.63, 3.8) is 0 Å². The summed E-state index contributed by atoms with van der Waals surface area (Å²) in [6.45, 7) is 7.13. The molecule has 0 spiro atoms. The Balaban J connectivity index is 1.47. The molecule has 0 saturated heterocycles. The van der Waals surface area contributed by atoms with E-state index < -0.39 is 0 Å². The summed E-state index contributed by atoms with van der Waals surface area (Å²) < 4.78 is 8.82. The van der Waals surface area contributed by atoms with Crippen LogP contribution in [-0.4, -0.2) is 41.0 Å². The third-order valence-corrected chi connectivity index (χ3v) is 7.50. The van der Waals surface area contributed by atoms with Crippen LogP contribution in [0.25, 0.3) is 22.1 Å². The second-order valence-electron chi connectivity index (χ2n) is 7.69. The second-order valence-corrected chi connectivity index (χ2v) is 9.28. The first kappa shape index (κ1) is 20.1. The number of hydrogen-bond donors (Lipinski definition) is 2. The van der Waals surface area contributed by atoms with Crippen molar-refractivity contribution in [3.8, 4) is 0 Å². The Kier molecular flexibility index (Phi) is 5.43. The molecule has 1 aliphatic heterocycles. The molecule has 0 radical (unpaired) electrons. The molecule has 1 atom stereocenters. The van der Waals surface area contributed by atoms with Crippen LogP contribution in [-0.2, 0) is 6.42 Å². The summed E-state index contributed by atoms with van der Waals surface area (Å²) >= 11 is -0.322. The number of anilines is 2. The summed E-state index contributed by atoms with van der Waals surface area (Å²) in [4.78, 5) is 19.7. The van der Waals surface area contributed by atoms with Crippen LogP contribution in [0.2, 0.25) is 0 Å². The van der Waals surface area contributed by atoms with Crippen LogP contribution < -0.4 is 10.2 Å². The maximum atomic E-state index is 4.87. The molecule has 160 valence electrons. The first-order valence-corrected chi connectivity index (χ1v) is 12.7. The summed E-state index contributed by atoms with van der Waals surface area (Å²) in [5.41, 5.74) is 4.13. The maximum absolute atomic E-state index is 4.87. The van der Waals surface area contributed by atoms with Gasteiger partial charge in [0.15, 0.2) is 17.0 Å². The fraction of sp³-hybridized carbons (Fsp3) is 0.318. The van der Waals surface area contributed by atoms with E-state index in [1.807, 2.05) is 18.2 Å². The number of aromatic nitrogens is 5. The number of para-hydroxylation sites is 1. The van der Waals surface area contributed by atoms with Gasteiger partial charge < -0.3 is 14.9 Å². The highest BCUT2D eigenvalue weighted by Crippen LogP contribution is 2.27. The molecule has 8 nitrogen and oxygen atoms in total. The van der Waals surface area contributed by atoms with Gasteiger partial charge in [-0.15, -0.1) is 0 Å². The second kappa shape index (κ2) is 8.37. The maximum Gasteiger partial charge on any atom is 0.239 e. The van der Waals surface area contributed by atoms with Crippen LogP contribution in [0.15, 0.2) is 40.0 Å². The van der Waals surface area contributed by atoms with Gasteiger partial charge >= 0.3 is 0 Å². The van der Waals surface area contributed by atoms with Gasteiger partial charge in [0.25, 0.3) is 0 Å². The SMILES string of the molecule is CCC(C)n1cnc2c(NCCc3c[nH]c4ccccc34)nc(N3C=IN=C3C)nc21. The fourth-order valence-electron chi connectivity index (χ4n) is 3.75. The van der Waals surface area contributed by atoms with E-state index in [1.54, 1.807) is 0 Å². The number of imidazole rings is 1. The number of fused-ring (bicyclic) bond motifs is 2. The first-order chi connectivity index (χ1) is 15.2. The van der Waals surface area contributed by atoms with E-state index in [0.717, 1.165) is 42.2 Å². The molecule has 9 heteroatoms. The fourth-order valence-corrected chi connectivity index (χ4v) is 5.41. The Morgan fingerprint density at radius 1 is 1.23 bits per heavy atom. The van der Waals surface area contributed by atoms with Gasteiger partial charge in [0, 0.05) is 50.7 Å². The van der Waals surface area contributed by atoms with Gasteiger partial charge in [-0.1, -0.05) is 25.1 Å². The van der Waals surface area contributed by atoms with E-state index >= 15 is 0 Å². The van der Waals surface area contributed by atoms with E-state index in [9.17, 15) is 0 Å². The van der Waals surface area contributed by atoms with E-state index in [4.69, 9.17) is 9.97 Å². The minimum absolute atomic E-state index is 0.316. The van der Waals surface area contributed by atoms with Crippen molar-refractivity contribution in [1.82, 2.24) is 24.5 Å². The molecule has 0 saturated carbocycles. The molecule has 0 amide bonds. The number of nitrogens with zero attached hydrogens (tertiary/aromatic N) is 6. The molecule has 1 aromatic carbocycles. The molecule has 3 aromatic heterocycles. The molecule has 0 fully saturated rings.